The van der Waals surface area contributed by atoms with Crippen molar-refractivity contribution in [2.45, 2.75) is 57.3 Å². The summed E-state index contributed by atoms with van der Waals surface area (Å²) in [5, 5.41) is 6.98. The molecule has 9 rings (SSSR count). The second-order valence-electron chi connectivity index (χ2n) is 15.1. The van der Waals surface area contributed by atoms with Crippen molar-refractivity contribution in [1.29, 1.82) is 0 Å². The van der Waals surface area contributed by atoms with E-state index < -0.39 is 5.92 Å². The monoisotopic (exact) mass is 775 g/mol. The van der Waals surface area contributed by atoms with Gasteiger partial charge in [0, 0.05) is 67.4 Å². The first-order valence-electron chi connectivity index (χ1n) is 19.7. The number of aryl methyl sites for hydroxylation is 3. The van der Waals surface area contributed by atoms with Crippen molar-refractivity contribution in [2.24, 2.45) is 7.05 Å². The number of hydrogen-bond donors (Lipinski definition) is 2. The summed E-state index contributed by atoms with van der Waals surface area (Å²) in [4.78, 5) is 66.6. The number of benzene rings is 2. The van der Waals surface area contributed by atoms with Gasteiger partial charge in [-0.15, -0.1) is 0 Å². The molecule has 3 amide bonds. The molecule has 2 aromatic carbocycles. The number of anilines is 2. The fourth-order valence-electron chi connectivity index (χ4n) is 8.39. The largest absolute Gasteiger partial charge is 0.448 e. The van der Waals surface area contributed by atoms with Crippen molar-refractivity contribution < 1.29 is 23.5 Å². The number of aromatic nitrogens is 4. The summed E-state index contributed by atoms with van der Waals surface area (Å²) in [6.45, 7) is 4.18. The summed E-state index contributed by atoms with van der Waals surface area (Å²) < 4.78 is 13.3. The molecule has 58 heavy (non-hydrogen) atoms. The molecule has 13 heteroatoms. The molecule has 2 saturated heterocycles. The number of nitrogens with one attached hydrogen (secondary N) is 2. The van der Waals surface area contributed by atoms with E-state index in [9.17, 15) is 19.2 Å². The zero-order chi connectivity index (χ0) is 39.9. The molecule has 3 aliphatic heterocycles. The van der Waals surface area contributed by atoms with Gasteiger partial charge in [-0.1, -0.05) is 18.1 Å². The number of furan rings is 1. The van der Waals surface area contributed by atoms with Crippen LogP contribution in [0.15, 0.2) is 76.2 Å². The molecule has 13 nitrogen and oxygen atoms in total. The second-order valence-corrected chi connectivity index (χ2v) is 15.1. The lowest BCUT2D eigenvalue weighted by Crippen LogP contribution is -2.39. The minimum Gasteiger partial charge on any atom is -0.448 e. The molecule has 0 saturated carbocycles. The van der Waals surface area contributed by atoms with Crippen LogP contribution in [0.3, 0.4) is 0 Å². The van der Waals surface area contributed by atoms with E-state index in [0.717, 1.165) is 84.4 Å². The number of piperidine rings is 1. The van der Waals surface area contributed by atoms with Crippen molar-refractivity contribution in [3.05, 3.63) is 111 Å². The van der Waals surface area contributed by atoms with Crippen LogP contribution in [0.2, 0.25) is 0 Å². The van der Waals surface area contributed by atoms with Gasteiger partial charge in [0.05, 0.1) is 41.2 Å². The number of amides is 3. The number of fused-ring (bicyclic) bond motifs is 3. The SMILES string of the molecule is Cc1cc2c(N3CCCc4nc(-c5ccc(C(=O)NCC#Cc6cc7c([C@@H]8CCC(=O)NC8=O)cccc7o6)nc5)ncc43)cc(C3CCOCC3)cc2n(C)c1=O. The molecule has 3 aliphatic rings. The van der Waals surface area contributed by atoms with Gasteiger partial charge in [-0.2, -0.15) is 0 Å². The highest BCUT2D eigenvalue weighted by atomic mass is 16.5. The van der Waals surface area contributed by atoms with E-state index in [0.29, 0.717) is 40.6 Å². The summed E-state index contributed by atoms with van der Waals surface area (Å²) >= 11 is 0. The highest BCUT2D eigenvalue weighted by Crippen LogP contribution is 2.40. The van der Waals surface area contributed by atoms with Crippen molar-refractivity contribution in [2.75, 3.05) is 31.2 Å². The average molecular weight is 776 g/mol. The van der Waals surface area contributed by atoms with Crippen LogP contribution in [-0.4, -0.2) is 63.5 Å². The van der Waals surface area contributed by atoms with E-state index in [1.165, 1.54) is 5.56 Å². The minimum absolute atomic E-state index is 0.00369. The lowest BCUT2D eigenvalue weighted by Gasteiger charge is -2.33. The van der Waals surface area contributed by atoms with Crippen LogP contribution in [0.4, 0.5) is 11.4 Å². The van der Waals surface area contributed by atoms with Gasteiger partial charge in [0.2, 0.25) is 11.8 Å². The number of imide groups is 1. The molecule has 1 atom stereocenters. The molecule has 0 aliphatic carbocycles. The highest BCUT2D eigenvalue weighted by Gasteiger charge is 2.30. The van der Waals surface area contributed by atoms with Gasteiger partial charge in [-0.3, -0.25) is 29.5 Å². The number of ether oxygens (including phenoxy) is 1. The maximum Gasteiger partial charge on any atom is 0.270 e. The quantitative estimate of drug-likeness (QED) is 0.158. The first-order chi connectivity index (χ1) is 28.2. The van der Waals surface area contributed by atoms with Crippen LogP contribution in [0.1, 0.15) is 82.6 Å². The first kappa shape index (κ1) is 37.0. The summed E-state index contributed by atoms with van der Waals surface area (Å²) in [5.41, 5.74) is 8.04. The maximum atomic E-state index is 13.0. The Labute approximate surface area is 333 Å². The molecule has 6 aromatic rings. The number of pyridine rings is 2. The number of rotatable bonds is 6. The van der Waals surface area contributed by atoms with Gasteiger partial charge >= 0.3 is 0 Å². The van der Waals surface area contributed by atoms with E-state index in [1.54, 1.807) is 35.0 Å². The van der Waals surface area contributed by atoms with Gasteiger partial charge in [0.25, 0.3) is 11.5 Å². The van der Waals surface area contributed by atoms with E-state index >= 15 is 0 Å². The average Bonchev–Trinajstić information content (AvgIpc) is 3.68. The topological polar surface area (TPSA) is 162 Å². The molecule has 0 bridgehead atoms. The van der Waals surface area contributed by atoms with Gasteiger partial charge in [0.1, 0.15) is 11.3 Å². The molecule has 2 fully saturated rings. The van der Waals surface area contributed by atoms with E-state index in [2.05, 4.69) is 44.5 Å². The molecule has 2 N–H and O–H groups in total. The van der Waals surface area contributed by atoms with Crippen LogP contribution >= 0.6 is 0 Å². The van der Waals surface area contributed by atoms with Crippen molar-refractivity contribution in [3.8, 4) is 23.2 Å². The van der Waals surface area contributed by atoms with Crippen LogP contribution < -0.4 is 21.1 Å². The Bertz CT molecular complexity index is 2750. The molecule has 292 valence electrons. The summed E-state index contributed by atoms with van der Waals surface area (Å²) in [6, 6.07) is 17.2. The fraction of sp³-hybridized carbons (Fsp3) is 0.311. The Kier molecular flexibility index (Phi) is 9.79. The van der Waals surface area contributed by atoms with Crippen LogP contribution in [-0.2, 0) is 27.8 Å². The molecule has 0 unspecified atom stereocenters. The predicted octanol–water partition coefficient (Wildman–Crippen LogP) is 5.73. The Balaban J connectivity index is 0.901. The zero-order valence-corrected chi connectivity index (χ0v) is 32.3. The van der Waals surface area contributed by atoms with Crippen LogP contribution in [0.25, 0.3) is 33.3 Å². The molecule has 0 spiro atoms. The molecular weight excluding hydrogens is 735 g/mol. The van der Waals surface area contributed by atoms with Crippen LogP contribution in [0, 0.1) is 18.8 Å². The lowest BCUT2D eigenvalue weighted by atomic mass is 9.88. The van der Waals surface area contributed by atoms with E-state index in [-0.39, 0.29) is 41.9 Å². The van der Waals surface area contributed by atoms with Gasteiger partial charge in [-0.25, -0.2) is 9.97 Å². The van der Waals surface area contributed by atoms with Crippen LogP contribution in [0.5, 0.6) is 0 Å². The summed E-state index contributed by atoms with van der Waals surface area (Å²) in [6.07, 6.45) is 7.77. The van der Waals surface area contributed by atoms with Gasteiger partial charge in [-0.05, 0) is 98.4 Å². The third-order valence-corrected chi connectivity index (χ3v) is 11.5. The Morgan fingerprint density at radius 3 is 2.64 bits per heavy atom. The van der Waals surface area contributed by atoms with Gasteiger partial charge < -0.3 is 23.9 Å². The minimum atomic E-state index is -0.442. The zero-order valence-electron chi connectivity index (χ0n) is 32.3. The second kappa shape index (κ2) is 15.4. The fourth-order valence-corrected chi connectivity index (χ4v) is 8.39. The third kappa shape index (κ3) is 7.00. The predicted molar refractivity (Wildman–Crippen MR) is 218 cm³/mol. The van der Waals surface area contributed by atoms with Crippen molar-refractivity contribution >= 4 is 51.0 Å². The standard InChI is InChI=1S/C45H41N7O6/c1-26-20-34-37(51(2)45(26)56)21-29(27-14-18-57-19-15-27)22-38(34)52-17-5-8-35-39(52)25-48-42(49-35)28-10-12-36(47-24-28)44(55)46-16-4-6-30-23-33-31(7-3-9-40(33)58-30)32-11-13-41(53)50-43(32)54/h3,7,9-10,12,20-25,27,32H,5,8,11,13-19H2,1-2H3,(H,46,55)(H,50,53,54)/t32-/m0/s1. The number of carbonyl (C=O) groups excluding carboxylic acids is 3. The van der Waals surface area contributed by atoms with E-state index in [1.807, 2.05) is 38.4 Å². The van der Waals surface area contributed by atoms with Gasteiger partial charge in [0.15, 0.2) is 11.6 Å². The molecular formula is C45H41N7O6. The van der Waals surface area contributed by atoms with Crippen molar-refractivity contribution in [3.63, 3.8) is 0 Å². The number of nitrogens with zero attached hydrogens (tertiary/aromatic N) is 5. The summed E-state index contributed by atoms with van der Waals surface area (Å²) in [7, 11) is 1.85. The summed E-state index contributed by atoms with van der Waals surface area (Å²) in [5.74, 6) is 5.76. The Hall–Kier alpha value is -6.65. The van der Waals surface area contributed by atoms with Crippen molar-refractivity contribution in [1.82, 2.24) is 30.2 Å². The first-order valence-corrected chi connectivity index (χ1v) is 19.7. The van der Waals surface area contributed by atoms with E-state index in [4.69, 9.17) is 19.1 Å². The maximum absolute atomic E-state index is 13.0. The number of carbonyl (C=O) groups is 3. The smallest absolute Gasteiger partial charge is 0.270 e. The molecule has 0 radical (unpaired) electrons. The normalized spacial score (nSPS) is 17.1. The highest BCUT2D eigenvalue weighted by molar-refractivity contribution is 6.03. The molecule has 7 heterocycles. The Morgan fingerprint density at radius 2 is 1.83 bits per heavy atom. The lowest BCUT2D eigenvalue weighted by molar-refractivity contribution is -0.134. The Morgan fingerprint density at radius 1 is 0.966 bits per heavy atom. The number of hydrogen-bond acceptors (Lipinski definition) is 10. The molecule has 4 aromatic heterocycles. The third-order valence-electron chi connectivity index (χ3n) is 11.5.